The summed E-state index contributed by atoms with van der Waals surface area (Å²) >= 11 is 7.48. The van der Waals surface area contributed by atoms with E-state index in [1.807, 2.05) is 11.4 Å². The maximum absolute atomic E-state index is 5.89. The van der Waals surface area contributed by atoms with Crippen LogP contribution in [0.4, 0.5) is 5.69 Å². The van der Waals surface area contributed by atoms with E-state index < -0.39 is 0 Å². The summed E-state index contributed by atoms with van der Waals surface area (Å²) in [4.78, 5) is 8.64. The Balaban J connectivity index is 1.86. The number of nitrogens with zero attached hydrogens (tertiary/aromatic N) is 3. The van der Waals surface area contributed by atoms with Crippen molar-refractivity contribution in [2.24, 2.45) is 0 Å². The number of nitrogens with two attached hydrogens (primary N) is 1. The first-order valence-electron chi connectivity index (χ1n) is 5.57. The largest absolute Gasteiger partial charge is 0.398 e. The molecule has 0 radical (unpaired) electrons. The second kappa shape index (κ2) is 4.99. The number of aromatic nitrogens is 4. The van der Waals surface area contributed by atoms with Crippen LogP contribution < -0.4 is 5.73 Å². The summed E-state index contributed by atoms with van der Waals surface area (Å²) in [5.41, 5.74) is 7.12. The predicted molar refractivity (Wildman–Crippen MR) is 76.2 cm³/mol. The summed E-state index contributed by atoms with van der Waals surface area (Å²) in [6, 6.07) is 5.34. The molecule has 2 aromatic heterocycles. The Bertz CT molecular complexity index is 692. The molecule has 0 fully saturated rings. The Morgan fingerprint density at radius 2 is 2.26 bits per heavy atom. The van der Waals surface area contributed by atoms with Crippen LogP contribution in [0.15, 0.2) is 29.8 Å². The highest BCUT2D eigenvalue weighted by Crippen LogP contribution is 2.24. The fourth-order valence-corrected chi connectivity index (χ4v) is 2.41. The molecule has 96 valence electrons. The maximum atomic E-state index is 5.89. The molecule has 0 atom stereocenters. The van der Waals surface area contributed by atoms with Gasteiger partial charge in [0.1, 0.15) is 10.8 Å². The zero-order chi connectivity index (χ0) is 13.2. The van der Waals surface area contributed by atoms with Gasteiger partial charge in [-0.2, -0.15) is 5.10 Å². The minimum atomic E-state index is 0.519. The Morgan fingerprint density at radius 3 is 3.00 bits per heavy atom. The van der Waals surface area contributed by atoms with Crippen LogP contribution in [-0.4, -0.2) is 20.2 Å². The number of hydrogen-bond donors (Lipinski definition) is 2. The van der Waals surface area contributed by atoms with Crippen molar-refractivity contribution in [3.05, 3.63) is 45.6 Å². The number of rotatable bonds is 3. The van der Waals surface area contributed by atoms with Crippen LogP contribution >= 0.6 is 22.9 Å². The number of halogens is 1. The van der Waals surface area contributed by atoms with Crippen LogP contribution in [0, 0.1) is 0 Å². The Labute approximate surface area is 118 Å². The van der Waals surface area contributed by atoms with Crippen LogP contribution in [0.1, 0.15) is 10.8 Å². The van der Waals surface area contributed by atoms with Gasteiger partial charge in [0.05, 0.1) is 17.1 Å². The summed E-state index contributed by atoms with van der Waals surface area (Å²) < 4.78 is 0. The van der Waals surface area contributed by atoms with Crippen molar-refractivity contribution in [3.8, 4) is 11.4 Å². The standard InChI is InChI=1S/C12H10ClN5S/c13-8-2-1-7(5-9(8)14)12-16-10(17-18-12)6-11-15-3-4-19-11/h1-5H,6,14H2,(H,16,17,18). The van der Waals surface area contributed by atoms with Crippen molar-refractivity contribution < 1.29 is 0 Å². The van der Waals surface area contributed by atoms with E-state index in [0.29, 0.717) is 23.0 Å². The van der Waals surface area contributed by atoms with E-state index >= 15 is 0 Å². The minimum absolute atomic E-state index is 0.519. The van der Waals surface area contributed by atoms with Crippen LogP contribution in [0.5, 0.6) is 0 Å². The van der Waals surface area contributed by atoms with Gasteiger partial charge in [0.15, 0.2) is 5.82 Å². The molecule has 3 N–H and O–H groups in total. The molecular weight excluding hydrogens is 282 g/mol. The quantitative estimate of drug-likeness (QED) is 0.727. The number of nitrogen functional groups attached to an aromatic ring is 1. The van der Waals surface area contributed by atoms with E-state index in [4.69, 9.17) is 17.3 Å². The molecule has 0 amide bonds. The molecule has 0 aliphatic carbocycles. The number of anilines is 1. The molecule has 0 aliphatic rings. The van der Waals surface area contributed by atoms with Gasteiger partial charge >= 0.3 is 0 Å². The molecule has 7 heteroatoms. The first-order valence-corrected chi connectivity index (χ1v) is 6.83. The predicted octanol–water partition coefficient (Wildman–Crippen LogP) is 2.75. The molecule has 3 aromatic rings. The molecule has 0 bridgehead atoms. The number of nitrogens with one attached hydrogen (secondary N) is 1. The average molecular weight is 292 g/mol. The SMILES string of the molecule is Nc1cc(-c2n[nH]c(Cc3nccs3)n2)ccc1Cl. The van der Waals surface area contributed by atoms with Crippen molar-refractivity contribution in [2.75, 3.05) is 5.73 Å². The van der Waals surface area contributed by atoms with Crippen molar-refractivity contribution >= 4 is 28.6 Å². The zero-order valence-electron chi connectivity index (χ0n) is 9.80. The van der Waals surface area contributed by atoms with Gasteiger partial charge in [-0.25, -0.2) is 9.97 Å². The van der Waals surface area contributed by atoms with Gasteiger partial charge < -0.3 is 5.73 Å². The number of H-pyrrole nitrogens is 1. The Hall–Kier alpha value is -1.92. The molecule has 5 nitrogen and oxygen atoms in total. The molecule has 0 aliphatic heterocycles. The highest BCUT2D eigenvalue weighted by Gasteiger charge is 2.09. The number of aromatic amines is 1. The fraction of sp³-hybridized carbons (Fsp3) is 0.0833. The van der Waals surface area contributed by atoms with Crippen molar-refractivity contribution in [1.82, 2.24) is 20.2 Å². The third-order valence-electron chi connectivity index (χ3n) is 2.59. The van der Waals surface area contributed by atoms with E-state index in [2.05, 4.69) is 20.2 Å². The van der Waals surface area contributed by atoms with Crippen molar-refractivity contribution in [2.45, 2.75) is 6.42 Å². The molecular formula is C12H10ClN5S. The molecule has 1 aromatic carbocycles. The lowest BCUT2D eigenvalue weighted by molar-refractivity contribution is 0.963. The number of thiazole rings is 1. The summed E-state index contributed by atoms with van der Waals surface area (Å²) in [6.45, 7) is 0. The third-order valence-corrected chi connectivity index (χ3v) is 3.71. The lowest BCUT2D eigenvalue weighted by Crippen LogP contribution is -1.90. The summed E-state index contributed by atoms with van der Waals surface area (Å²) in [6.07, 6.45) is 2.42. The summed E-state index contributed by atoms with van der Waals surface area (Å²) in [7, 11) is 0. The minimum Gasteiger partial charge on any atom is -0.398 e. The van der Waals surface area contributed by atoms with E-state index in [1.54, 1.807) is 29.7 Å². The first kappa shape index (κ1) is 12.1. The normalized spacial score (nSPS) is 10.8. The topological polar surface area (TPSA) is 80.5 Å². The Morgan fingerprint density at radius 1 is 1.37 bits per heavy atom. The number of hydrogen-bond acceptors (Lipinski definition) is 5. The van der Waals surface area contributed by atoms with Gasteiger partial charge in [0.25, 0.3) is 0 Å². The first-order chi connectivity index (χ1) is 9.22. The molecule has 0 unspecified atom stereocenters. The summed E-state index contributed by atoms with van der Waals surface area (Å²) in [5.74, 6) is 1.38. The van der Waals surface area contributed by atoms with E-state index in [-0.39, 0.29) is 0 Å². The molecule has 0 spiro atoms. The van der Waals surface area contributed by atoms with Gasteiger partial charge in [-0.1, -0.05) is 11.6 Å². The van der Waals surface area contributed by atoms with Crippen LogP contribution in [0.2, 0.25) is 5.02 Å². The second-order valence-electron chi connectivity index (χ2n) is 3.94. The lowest BCUT2D eigenvalue weighted by atomic mass is 10.2. The fourth-order valence-electron chi connectivity index (χ4n) is 1.67. The monoisotopic (exact) mass is 291 g/mol. The van der Waals surface area contributed by atoms with Gasteiger partial charge in [-0.05, 0) is 18.2 Å². The van der Waals surface area contributed by atoms with Gasteiger partial charge in [-0.3, -0.25) is 5.10 Å². The van der Waals surface area contributed by atoms with Gasteiger partial charge in [0.2, 0.25) is 0 Å². The molecule has 3 rings (SSSR count). The summed E-state index contributed by atoms with van der Waals surface area (Å²) in [5, 5.41) is 10.6. The smallest absolute Gasteiger partial charge is 0.181 e. The van der Waals surface area contributed by atoms with E-state index in [0.717, 1.165) is 16.4 Å². The average Bonchev–Trinajstić information content (AvgIpc) is 3.05. The molecule has 0 saturated heterocycles. The van der Waals surface area contributed by atoms with Crippen molar-refractivity contribution in [3.63, 3.8) is 0 Å². The lowest BCUT2D eigenvalue weighted by Gasteiger charge is -1.99. The van der Waals surface area contributed by atoms with Crippen LogP contribution in [0.3, 0.4) is 0 Å². The van der Waals surface area contributed by atoms with Gasteiger partial charge in [0, 0.05) is 17.1 Å². The Kier molecular flexibility index (Phi) is 3.18. The van der Waals surface area contributed by atoms with Crippen molar-refractivity contribution in [1.29, 1.82) is 0 Å². The highest BCUT2D eigenvalue weighted by atomic mass is 35.5. The maximum Gasteiger partial charge on any atom is 0.181 e. The molecule has 0 saturated carbocycles. The highest BCUT2D eigenvalue weighted by molar-refractivity contribution is 7.09. The van der Waals surface area contributed by atoms with Gasteiger partial charge in [-0.15, -0.1) is 11.3 Å². The molecule has 2 heterocycles. The zero-order valence-corrected chi connectivity index (χ0v) is 11.4. The van der Waals surface area contributed by atoms with Crippen LogP contribution in [-0.2, 0) is 6.42 Å². The third kappa shape index (κ3) is 2.59. The number of benzene rings is 1. The van der Waals surface area contributed by atoms with E-state index in [1.165, 1.54) is 0 Å². The second-order valence-corrected chi connectivity index (χ2v) is 5.33. The molecule has 19 heavy (non-hydrogen) atoms. The van der Waals surface area contributed by atoms with Crippen LogP contribution in [0.25, 0.3) is 11.4 Å². The van der Waals surface area contributed by atoms with E-state index in [9.17, 15) is 0 Å².